The zero-order valence-corrected chi connectivity index (χ0v) is 14.3. The summed E-state index contributed by atoms with van der Waals surface area (Å²) in [6, 6.07) is 7.25. The third-order valence-corrected chi connectivity index (χ3v) is 5.38. The normalized spacial score (nSPS) is 27.4. The summed E-state index contributed by atoms with van der Waals surface area (Å²) >= 11 is 0. The van der Waals surface area contributed by atoms with Gasteiger partial charge in [-0.3, -0.25) is 14.4 Å². The highest BCUT2D eigenvalue weighted by Crippen LogP contribution is 2.40. The Hall–Kier alpha value is -1.97. The summed E-state index contributed by atoms with van der Waals surface area (Å²) in [6.07, 6.45) is 3.22. The van der Waals surface area contributed by atoms with E-state index in [2.05, 4.69) is 0 Å². The lowest BCUT2D eigenvalue weighted by Gasteiger charge is -2.36. The van der Waals surface area contributed by atoms with Gasteiger partial charge >= 0.3 is 5.97 Å². The van der Waals surface area contributed by atoms with Gasteiger partial charge in [-0.2, -0.15) is 0 Å². The van der Waals surface area contributed by atoms with Crippen LogP contribution in [0.15, 0.2) is 24.3 Å². The summed E-state index contributed by atoms with van der Waals surface area (Å²) in [6.45, 7) is 3.58. The van der Waals surface area contributed by atoms with Gasteiger partial charge in [0.1, 0.15) is 5.78 Å². The second-order valence-electron chi connectivity index (χ2n) is 7.20. The molecule has 4 heteroatoms. The molecule has 4 nitrogen and oxygen atoms in total. The van der Waals surface area contributed by atoms with Crippen molar-refractivity contribution < 1.29 is 19.1 Å². The van der Waals surface area contributed by atoms with Crippen molar-refractivity contribution in [3.63, 3.8) is 0 Å². The highest BCUT2D eigenvalue weighted by molar-refractivity contribution is 6.00. The van der Waals surface area contributed by atoms with Crippen LogP contribution in [0.25, 0.3) is 0 Å². The molecule has 3 rings (SSSR count). The van der Waals surface area contributed by atoms with Gasteiger partial charge in [-0.1, -0.05) is 36.2 Å². The molecule has 2 saturated carbocycles. The Bertz CT molecular complexity index is 630. The van der Waals surface area contributed by atoms with E-state index in [9.17, 15) is 14.4 Å². The maximum absolute atomic E-state index is 12.5. The van der Waals surface area contributed by atoms with Crippen LogP contribution in [-0.4, -0.2) is 23.6 Å². The average molecular weight is 328 g/mol. The van der Waals surface area contributed by atoms with Crippen LogP contribution in [0.5, 0.6) is 0 Å². The lowest BCUT2D eigenvalue weighted by Crippen LogP contribution is -2.40. The fourth-order valence-corrected chi connectivity index (χ4v) is 3.95. The number of hydrogen-bond donors (Lipinski definition) is 0. The Morgan fingerprint density at radius 1 is 1.08 bits per heavy atom. The number of esters is 1. The van der Waals surface area contributed by atoms with Crippen LogP contribution >= 0.6 is 0 Å². The smallest absolute Gasteiger partial charge is 0.309 e. The number of hydrogen-bond acceptors (Lipinski definition) is 4. The zero-order chi connectivity index (χ0) is 17.3. The fourth-order valence-electron chi connectivity index (χ4n) is 3.95. The van der Waals surface area contributed by atoms with E-state index in [0.717, 1.165) is 24.8 Å². The molecule has 0 spiro atoms. The van der Waals surface area contributed by atoms with Crippen molar-refractivity contribution >= 4 is 17.5 Å². The Kier molecular flexibility index (Phi) is 4.83. The number of carbonyl (C=O) groups is 3. The molecule has 0 saturated heterocycles. The summed E-state index contributed by atoms with van der Waals surface area (Å²) in [5, 5.41) is 0. The fraction of sp³-hybridized carbons (Fsp3) is 0.550. The van der Waals surface area contributed by atoms with Crippen LogP contribution in [-0.2, 0) is 14.3 Å². The van der Waals surface area contributed by atoms with E-state index in [1.54, 1.807) is 19.1 Å². The third-order valence-electron chi connectivity index (χ3n) is 5.38. The largest absolute Gasteiger partial charge is 0.454 e. The summed E-state index contributed by atoms with van der Waals surface area (Å²) < 4.78 is 5.44. The first-order chi connectivity index (χ1) is 11.5. The summed E-state index contributed by atoms with van der Waals surface area (Å²) in [5.74, 6) is -0.403. The molecule has 1 unspecified atom stereocenters. The quantitative estimate of drug-likeness (QED) is 0.627. The topological polar surface area (TPSA) is 60.4 Å². The number of rotatable bonds is 4. The van der Waals surface area contributed by atoms with Gasteiger partial charge in [0, 0.05) is 17.4 Å². The molecule has 1 aromatic rings. The molecule has 128 valence electrons. The van der Waals surface area contributed by atoms with E-state index in [1.165, 1.54) is 0 Å². The molecule has 0 radical (unpaired) electrons. The maximum atomic E-state index is 12.5. The SMILES string of the molecule is Cc1ccc(C(=O)[C@H](C)OC(=O)C2C[C@H]3CCC[C@@H](C2)C3=O)cc1. The first kappa shape index (κ1) is 16.9. The molecule has 2 aliphatic carbocycles. The van der Waals surface area contributed by atoms with Crippen LogP contribution in [0.3, 0.4) is 0 Å². The van der Waals surface area contributed by atoms with Gasteiger partial charge in [0.15, 0.2) is 6.10 Å². The molecule has 0 amide bonds. The minimum absolute atomic E-state index is 0.0122. The lowest BCUT2D eigenvalue weighted by atomic mass is 9.67. The molecule has 2 bridgehead atoms. The lowest BCUT2D eigenvalue weighted by molar-refractivity contribution is -0.155. The maximum Gasteiger partial charge on any atom is 0.309 e. The van der Waals surface area contributed by atoms with E-state index >= 15 is 0 Å². The molecule has 2 fully saturated rings. The van der Waals surface area contributed by atoms with E-state index in [0.29, 0.717) is 24.2 Å². The van der Waals surface area contributed by atoms with Gasteiger partial charge in [0.05, 0.1) is 5.92 Å². The van der Waals surface area contributed by atoms with Crippen molar-refractivity contribution in [3.8, 4) is 0 Å². The van der Waals surface area contributed by atoms with E-state index in [4.69, 9.17) is 4.74 Å². The van der Waals surface area contributed by atoms with Gasteiger partial charge in [-0.15, -0.1) is 0 Å². The van der Waals surface area contributed by atoms with Crippen LogP contribution in [0, 0.1) is 24.7 Å². The molecule has 24 heavy (non-hydrogen) atoms. The minimum atomic E-state index is -0.794. The number of aryl methyl sites for hydroxylation is 1. The van der Waals surface area contributed by atoms with Crippen LogP contribution in [0.2, 0.25) is 0 Å². The molecular weight excluding hydrogens is 304 g/mol. The Balaban J connectivity index is 1.61. The van der Waals surface area contributed by atoms with Crippen molar-refractivity contribution in [2.24, 2.45) is 17.8 Å². The first-order valence-electron chi connectivity index (χ1n) is 8.81. The number of ether oxygens (including phenoxy) is 1. The van der Waals surface area contributed by atoms with Gasteiger partial charge in [0.2, 0.25) is 5.78 Å². The van der Waals surface area contributed by atoms with Crippen molar-refractivity contribution in [2.75, 3.05) is 0 Å². The van der Waals surface area contributed by atoms with Gasteiger partial charge in [0.25, 0.3) is 0 Å². The highest BCUT2D eigenvalue weighted by atomic mass is 16.5. The van der Waals surface area contributed by atoms with Crippen molar-refractivity contribution in [2.45, 2.75) is 52.1 Å². The van der Waals surface area contributed by atoms with Gasteiger partial charge in [-0.25, -0.2) is 0 Å². The molecule has 0 aliphatic heterocycles. The van der Waals surface area contributed by atoms with E-state index in [-0.39, 0.29) is 29.5 Å². The van der Waals surface area contributed by atoms with Crippen LogP contribution in [0.1, 0.15) is 54.9 Å². The molecule has 0 aromatic heterocycles. The summed E-state index contributed by atoms with van der Waals surface area (Å²) in [7, 11) is 0. The van der Waals surface area contributed by atoms with Gasteiger partial charge in [-0.05, 0) is 39.5 Å². The Morgan fingerprint density at radius 3 is 2.25 bits per heavy atom. The predicted molar refractivity (Wildman–Crippen MR) is 89.6 cm³/mol. The number of fused-ring (bicyclic) bond motifs is 2. The molecular formula is C20H24O4. The molecule has 1 aromatic carbocycles. The van der Waals surface area contributed by atoms with E-state index < -0.39 is 6.10 Å². The second kappa shape index (κ2) is 6.88. The summed E-state index contributed by atoms with van der Waals surface area (Å²) in [5.41, 5.74) is 1.63. The first-order valence-corrected chi connectivity index (χ1v) is 8.81. The monoisotopic (exact) mass is 328 g/mol. The Labute approximate surface area is 142 Å². The molecule has 2 aliphatic rings. The predicted octanol–water partition coefficient (Wildman–Crippen LogP) is 3.50. The average Bonchev–Trinajstić information content (AvgIpc) is 2.54. The summed E-state index contributed by atoms with van der Waals surface area (Å²) in [4.78, 5) is 37.0. The van der Waals surface area contributed by atoms with Crippen molar-refractivity contribution in [1.29, 1.82) is 0 Å². The van der Waals surface area contributed by atoms with Gasteiger partial charge < -0.3 is 4.74 Å². The zero-order valence-electron chi connectivity index (χ0n) is 14.3. The second-order valence-corrected chi connectivity index (χ2v) is 7.20. The van der Waals surface area contributed by atoms with Crippen molar-refractivity contribution in [1.82, 2.24) is 0 Å². The number of Topliss-reactive ketones (excluding diaryl/α,β-unsaturated/α-hetero) is 2. The Morgan fingerprint density at radius 2 is 1.67 bits per heavy atom. The van der Waals surface area contributed by atoms with Crippen LogP contribution < -0.4 is 0 Å². The van der Waals surface area contributed by atoms with Crippen LogP contribution in [0.4, 0.5) is 0 Å². The van der Waals surface area contributed by atoms with E-state index in [1.807, 2.05) is 19.1 Å². The van der Waals surface area contributed by atoms with Crippen molar-refractivity contribution in [3.05, 3.63) is 35.4 Å². The number of ketones is 2. The number of benzene rings is 1. The standard InChI is InChI=1S/C20H24O4/c1-12-6-8-14(9-7-12)18(21)13(2)24-20(23)17-10-15-4-3-5-16(11-17)19(15)22/h6-9,13,15-17H,3-5,10-11H2,1-2H3/t13-,15-,16+,17?/m0/s1. The molecule has 0 heterocycles. The third kappa shape index (κ3) is 3.42. The highest BCUT2D eigenvalue weighted by Gasteiger charge is 2.42. The molecule has 0 N–H and O–H groups in total. The molecule has 4 atom stereocenters. The number of carbonyl (C=O) groups excluding carboxylic acids is 3. The minimum Gasteiger partial charge on any atom is -0.454 e.